The first-order valence-electron chi connectivity index (χ1n) is 6.10. The van der Waals surface area contributed by atoms with Crippen molar-refractivity contribution in [2.75, 3.05) is 20.1 Å². The second-order valence-electron chi connectivity index (χ2n) is 4.89. The fourth-order valence-corrected chi connectivity index (χ4v) is 2.42. The highest BCUT2D eigenvalue weighted by Crippen LogP contribution is 2.16. The number of furan rings is 1. The van der Waals surface area contributed by atoms with Crippen LogP contribution in [0.1, 0.15) is 24.9 Å². The smallest absolute Gasteiger partial charge is 0.203 e. The second-order valence-corrected chi connectivity index (χ2v) is 4.89. The number of hydrogen-bond acceptors (Lipinski definition) is 4. The minimum atomic E-state index is 0.387. The number of rotatable bonds is 3. The predicted octanol–water partition coefficient (Wildman–Crippen LogP) is 1.58. The molecule has 1 fully saturated rings. The summed E-state index contributed by atoms with van der Waals surface area (Å²) in [4.78, 5) is 2.36. The standard InChI is InChI=1S/C13H19N3O/c1-10-9-16(2)6-5-13(10)15-8-12-4-3-11(7-14)17-12/h3-4,10,13,15H,5-6,8-9H2,1-2H3. The summed E-state index contributed by atoms with van der Waals surface area (Å²) >= 11 is 0. The van der Waals surface area contributed by atoms with E-state index in [1.165, 1.54) is 6.42 Å². The molecule has 17 heavy (non-hydrogen) atoms. The van der Waals surface area contributed by atoms with Crippen LogP contribution in [0.4, 0.5) is 0 Å². The average molecular weight is 233 g/mol. The summed E-state index contributed by atoms with van der Waals surface area (Å²) in [5.41, 5.74) is 0. The third-order valence-electron chi connectivity index (χ3n) is 3.42. The Morgan fingerprint density at radius 2 is 2.41 bits per heavy atom. The van der Waals surface area contributed by atoms with Crippen molar-refractivity contribution < 1.29 is 4.42 Å². The van der Waals surface area contributed by atoms with Gasteiger partial charge in [0.15, 0.2) is 0 Å². The number of nitrogens with zero attached hydrogens (tertiary/aromatic N) is 2. The van der Waals surface area contributed by atoms with Crippen molar-refractivity contribution in [1.82, 2.24) is 10.2 Å². The third kappa shape index (κ3) is 3.09. The van der Waals surface area contributed by atoms with Crippen LogP contribution in [-0.4, -0.2) is 31.1 Å². The molecule has 0 amide bonds. The first kappa shape index (κ1) is 12.2. The Morgan fingerprint density at radius 3 is 3.06 bits per heavy atom. The van der Waals surface area contributed by atoms with E-state index in [-0.39, 0.29) is 0 Å². The fourth-order valence-electron chi connectivity index (χ4n) is 2.42. The van der Waals surface area contributed by atoms with Crippen LogP contribution >= 0.6 is 0 Å². The molecular formula is C13H19N3O. The maximum atomic E-state index is 8.67. The van der Waals surface area contributed by atoms with Gasteiger partial charge in [-0.2, -0.15) is 5.26 Å². The topological polar surface area (TPSA) is 52.2 Å². The third-order valence-corrected chi connectivity index (χ3v) is 3.42. The highest BCUT2D eigenvalue weighted by molar-refractivity contribution is 5.19. The van der Waals surface area contributed by atoms with Crippen LogP contribution in [0.25, 0.3) is 0 Å². The second kappa shape index (κ2) is 5.35. The Hall–Kier alpha value is -1.31. The minimum absolute atomic E-state index is 0.387. The van der Waals surface area contributed by atoms with Gasteiger partial charge < -0.3 is 14.6 Å². The summed E-state index contributed by atoms with van der Waals surface area (Å²) in [6.07, 6.45) is 1.17. The molecule has 4 nitrogen and oxygen atoms in total. The normalized spacial score (nSPS) is 25.7. The van der Waals surface area contributed by atoms with E-state index in [0.717, 1.165) is 18.8 Å². The van der Waals surface area contributed by atoms with Crippen molar-refractivity contribution in [3.8, 4) is 6.07 Å². The van der Waals surface area contributed by atoms with Crippen LogP contribution in [0.2, 0.25) is 0 Å². The quantitative estimate of drug-likeness (QED) is 0.861. The van der Waals surface area contributed by atoms with Gasteiger partial charge in [0.05, 0.1) is 6.54 Å². The molecule has 1 aromatic rings. The van der Waals surface area contributed by atoms with E-state index in [9.17, 15) is 0 Å². The van der Waals surface area contributed by atoms with Crippen molar-refractivity contribution in [1.29, 1.82) is 5.26 Å². The van der Waals surface area contributed by atoms with Crippen LogP contribution in [0.5, 0.6) is 0 Å². The van der Waals surface area contributed by atoms with E-state index >= 15 is 0 Å². The maximum absolute atomic E-state index is 8.67. The van der Waals surface area contributed by atoms with Crippen LogP contribution in [-0.2, 0) is 6.54 Å². The Bertz CT molecular complexity index is 407. The zero-order valence-corrected chi connectivity index (χ0v) is 10.4. The zero-order chi connectivity index (χ0) is 12.3. The zero-order valence-electron chi connectivity index (χ0n) is 10.4. The highest BCUT2D eigenvalue weighted by atomic mass is 16.3. The summed E-state index contributed by atoms with van der Waals surface area (Å²) in [6, 6.07) is 6.13. The number of piperidine rings is 1. The lowest BCUT2D eigenvalue weighted by molar-refractivity contribution is 0.172. The molecule has 2 rings (SSSR count). The van der Waals surface area contributed by atoms with Gasteiger partial charge in [0.2, 0.25) is 5.76 Å². The van der Waals surface area contributed by atoms with Crippen molar-refractivity contribution >= 4 is 0 Å². The monoisotopic (exact) mass is 233 g/mol. The molecule has 1 aliphatic rings. The maximum Gasteiger partial charge on any atom is 0.203 e. The first-order chi connectivity index (χ1) is 8.19. The molecule has 0 radical (unpaired) electrons. The number of nitriles is 1. The Morgan fingerprint density at radius 1 is 1.59 bits per heavy atom. The predicted molar refractivity (Wildman–Crippen MR) is 65.3 cm³/mol. The SMILES string of the molecule is CC1CN(C)CCC1NCc1ccc(C#N)o1. The van der Waals surface area contributed by atoms with Crippen molar-refractivity contribution in [3.63, 3.8) is 0 Å². The molecule has 4 heteroatoms. The van der Waals surface area contributed by atoms with Crippen LogP contribution in [0.15, 0.2) is 16.5 Å². The van der Waals surface area contributed by atoms with Gasteiger partial charge in [0.1, 0.15) is 11.8 Å². The molecule has 92 valence electrons. The molecule has 1 saturated heterocycles. The number of hydrogen-bond donors (Lipinski definition) is 1. The lowest BCUT2D eigenvalue weighted by atomic mass is 9.94. The molecule has 0 bridgehead atoms. The summed E-state index contributed by atoms with van der Waals surface area (Å²) in [7, 11) is 2.17. The Kier molecular flexibility index (Phi) is 3.82. The van der Waals surface area contributed by atoms with Gasteiger partial charge in [-0.3, -0.25) is 0 Å². The van der Waals surface area contributed by atoms with Gasteiger partial charge in [0.25, 0.3) is 0 Å². The van der Waals surface area contributed by atoms with Crippen LogP contribution < -0.4 is 5.32 Å². The van der Waals surface area contributed by atoms with Crippen LogP contribution in [0.3, 0.4) is 0 Å². The lowest BCUT2D eigenvalue weighted by Gasteiger charge is -2.35. The average Bonchev–Trinajstić information content (AvgIpc) is 2.76. The molecule has 0 saturated carbocycles. The molecule has 0 spiro atoms. The van der Waals surface area contributed by atoms with Gasteiger partial charge in [-0.05, 0) is 38.1 Å². The van der Waals surface area contributed by atoms with Crippen molar-refractivity contribution in [2.45, 2.75) is 25.9 Å². The van der Waals surface area contributed by atoms with Crippen molar-refractivity contribution in [2.24, 2.45) is 5.92 Å². The van der Waals surface area contributed by atoms with E-state index in [2.05, 4.69) is 24.2 Å². The number of likely N-dealkylation sites (tertiary alicyclic amines) is 1. The molecule has 1 aliphatic heterocycles. The lowest BCUT2D eigenvalue weighted by Crippen LogP contribution is -2.46. The van der Waals surface area contributed by atoms with Crippen molar-refractivity contribution in [3.05, 3.63) is 23.7 Å². The minimum Gasteiger partial charge on any atom is -0.449 e. The van der Waals surface area contributed by atoms with E-state index in [1.807, 2.05) is 12.1 Å². The highest BCUT2D eigenvalue weighted by Gasteiger charge is 2.23. The molecule has 1 N–H and O–H groups in total. The van der Waals surface area contributed by atoms with Gasteiger partial charge >= 0.3 is 0 Å². The van der Waals surface area contributed by atoms with Crippen LogP contribution in [0, 0.1) is 17.2 Å². The Labute approximate surface area is 102 Å². The summed E-state index contributed by atoms with van der Waals surface area (Å²) in [5, 5.41) is 12.2. The van der Waals surface area contributed by atoms with Gasteiger partial charge in [0, 0.05) is 12.6 Å². The van der Waals surface area contributed by atoms with E-state index < -0.39 is 0 Å². The largest absolute Gasteiger partial charge is 0.449 e. The Balaban J connectivity index is 1.84. The summed E-state index contributed by atoms with van der Waals surface area (Å²) in [5.74, 6) is 1.88. The van der Waals surface area contributed by atoms with Gasteiger partial charge in [-0.1, -0.05) is 6.92 Å². The summed E-state index contributed by atoms with van der Waals surface area (Å²) < 4.78 is 5.35. The molecule has 2 heterocycles. The summed E-state index contributed by atoms with van der Waals surface area (Å²) in [6.45, 7) is 5.26. The molecule has 2 atom stereocenters. The molecule has 2 unspecified atom stereocenters. The molecule has 0 aromatic carbocycles. The van der Waals surface area contributed by atoms with Gasteiger partial charge in [-0.15, -0.1) is 0 Å². The molecular weight excluding hydrogens is 214 g/mol. The molecule has 0 aliphatic carbocycles. The van der Waals surface area contributed by atoms with E-state index in [0.29, 0.717) is 24.3 Å². The fraction of sp³-hybridized carbons (Fsp3) is 0.615. The molecule has 1 aromatic heterocycles. The first-order valence-corrected chi connectivity index (χ1v) is 6.10. The van der Waals surface area contributed by atoms with Gasteiger partial charge in [-0.25, -0.2) is 0 Å². The van der Waals surface area contributed by atoms with E-state index in [4.69, 9.17) is 9.68 Å². The number of nitrogens with one attached hydrogen (secondary N) is 1. The van der Waals surface area contributed by atoms with E-state index in [1.54, 1.807) is 6.07 Å².